The molecule has 0 saturated carbocycles. The molecule has 14 heteroatoms. The zero-order chi connectivity index (χ0) is 19.7. The number of unbranched alkanes of at least 4 members (excludes halogenated alkanes) is 2. The molecule has 1 saturated heterocycles. The third-order valence-corrected chi connectivity index (χ3v) is 5.71. The molecule has 0 aromatic rings. The van der Waals surface area contributed by atoms with Crippen molar-refractivity contribution < 1.29 is 42.4 Å². The molecule has 0 bridgehead atoms. The van der Waals surface area contributed by atoms with Crippen molar-refractivity contribution in [2.24, 2.45) is 5.16 Å². The zero-order valence-electron chi connectivity index (χ0n) is 15.2. The van der Waals surface area contributed by atoms with Crippen LogP contribution in [0.25, 0.3) is 0 Å². The fourth-order valence-electron chi connectivity index (χ4n) is 2.21. The first-order chi connectivity index (χ1) is 12.2. The number of ether oxygens (including phenoxy) is 1. The van der Waals surface area contributed by atoms with Crippen molar-refractivity contribution >= 4 is 90.4 Å². The number of rotatable bonds is 10. The summed E-state index contributed by atoms with van der Waals surface area (Å²) in [6.45, 7) is -0.579. The van der Waals surface area contributed by atoms with E-state index in [1.54, 1.807) is 11.8 Å². The summed E-state index contributed by atoms with van der Waals surface area (Å²) >= 11 is 2.50. The number of aliphatic hydroxyl groups excluding tert-OH is 4. The summed E-state index contributed by atoms with van der Waals surface area (Å²) in [6.07, 6.45) is -0.887. The van der Waals surface area contributed by atoms with Crippen LogP contribution >= 0.6 is 23.5 Å². The predicted octanol–water partition coefficient (Wildman–Crippen LogP) is -0.805. The second kappa shape index (κ2) is 14.5. The number of hydrogen-bond acceptors (Lipinski definition) is 11. The quantitative estimate of drug-likeness (QED) is 0.0671. The first kappa shape index (κ1) is 28.5. The van der Waals surface area contributed by atoms with Gasteiger partial charge in [-0.05, 0) is 31.3 Å². The van der Waals surface area contributed by atoms with Crippen molar-refractivity contribution in [3.8, 4) is 0 Å². The Morgan fingerprint density at radius 3 is 2.37 bits per heavy atom. The largest absolute Gasteiger partial charge is 0.466 e. The number of oxime groups is 1. The number of nitrogens with zero attached hydrogens (tertiary/aromatic N) is 1. The summed E-state index contributed by atoms with van der Waals surface area (Å²) in [6, 6.07) is 0. The molecule has 1 aliphatic heterocycles. The third-order valence-electron chi connectivity index (χ3n) is 3.57. The van der Waals surface area contributed by atoms with Gasteiger partial charge in [0.15, 0.2) is 0 Å². The fraction of sp³-hybridized carbons (Fsp3) is 0.923. The Balaban J connectivity index is 0.00000676. The Bertz CT molecular complexity index is 549. The van der Waals surface area contributed by atoms with Gasteiger partial charge in [0.25, 0.3) is 0 Å². The number of thioether (sulfide) groups is 2. The number of hydrogen-bond donors (Lipinski definition) is 5. The van der Waals surface area contributed by atoms with E-state index in [1.807, 2.05) is 6.26 Å². The van der Waals surface area contributed by atoms with Gasteiger partial charge in [0, 0.05) is 51.4 Å². The Morgan fingerprint density at radius 1 is 1.15 bits per heavy atom. The molecule has 27 heavy (non-hydrogen) atoms. The maximum Gasteiger partial charge on any atom is 0.466 e. The van der Waals surface area contributed by atoms with E-state index in [-0.39, 0.29) is 56.4 Å². The van der Waals surface area contributed by atoms with Crippen molar-refractivity contribution in [2.75, 3.05) is 18.6 Å². The molecule has 0 unspecified atom stereocenters. The first-order valence-corrected chi connectivity index (χ1v) is 11.5. The monoisotopic (exact) mass is 474 g/mol. The molecular formula is C13H25KNO9S3. The van der Waals surface area contributed by atoms with E-state index in [2.05, 4.69) is 9.44 Å². The molecule has 5 atom stereocenters. The predicted molar refractivity (Wildman–Crippen MR) is 104 cm³/mol. The summed E-state index contributed by atoms with van der Waals surface area (Å²) in [5.74, 6) is 0.980. The summed E-state index contributed by atoms with van der Waals surface area (Å²) in [5.41, 5.74) is -1.11. The molecule has 0 spiro atoms. The van der Waals surface area contributed by atoms with Crippen LogP contribution in [0.3, 0.4) is 0 Å². The summed E-state index contributed by atoms with van der Waals surface area (Å²) in [5, 5.41) is 42.3. The van der Waals surface area contributed by atoms with E-state index in [9.17, 15) is 28.8 Å². The summed E-state index contributed by atoms with van der Waals surface area (Å²) in [7, 11) is -4.78. The SMILES string of the molecule is CSCCCCCC(=NOS(=O)(=O)O)S[C@@H]1O[C@H](CO)[C@@H](O)[C@H](O)[C@H]1O.[K]. The maximum atomic E-state index is 10.7. The average molecular weight is 475 g/mol. The molecule has 0 aromatic heterocycles. The minimum Gasteiger partial charge on any atom is -0.394 e. The Kier molecular flexibility index (Phi) is 15.3. The molecule has 155 valence electrons. The average Bonchev–Trinajstić information content (AvgIpc) is 2.58. The van der Waals surface area contributed by atoms with Gasteiger partial charge in [0.1, 0.15) is 34.9 Å². The fourth-order valence-corrected chi connectivity index (χ4v) is 4.05. The van der Waals surface area contributed by atoms with Gasteiger partial charge in [-0.1, -0.05) is 23.3 Å². The molecule has 5 N–H and O–H groups in total. The molecule has 0 aromatic carbocycles. The van der Waals surface area contributed by atoms with Crippen LogP contribution in [0.5, 0.6) is 0 Å². The molecule has 0 aliphatic carbocycles. The zero-order valence-corrected chi connectivity index (χ0v) is 20.7. The summed E-state index contributed by atoms with van der Waals surface area (Å²) in [4.78, 5) is 0. The van der Waals surface area contributed by atoms with Crippen LogP contribution in [0.4, 0.5) is 0 Å². The van der Waals surface area contributed by atoms with Crippen molar-refractivity contribution in [3.63, 3.8) is 0 Å². The van der Waals surface area contributed by atoms with Crippen molar-refractivity contribution in [1.29, 1.82) is 0 Å². The minimum atomic E-state index is -4.78. The number of aliphatic hydroxyl groups is 4. The van der Waals surface area contributed by atoms with Crippen LogP contribution in [-0.2, 0) is 19.4 Å². The topological polar surface area (TPSA) is 166 Å². The van der Waals surface area contributed by atoms with Gasteiger partial charge in [-0.2, -0.15) is 20.2 Å². The normalized spacial score (nSPS) is 29.3. The van der Waals surface area contributed by atoms with E-state index >= 15 is 0 Å². The Labute approximate surface area is 209 Å². The maximum absolute atomic E-state index is 10.7. The molecule has 1 heterocycles. The molecule has 10 nitrogen and oxygen atoms in total. The smallest absolute Gasteiger partial charge is 0.394 e. The molecule has 1 fully saturated rings. The van der Waals surface area contributed by atoms with E-state index in [0.29, 0.717) is 12.8 Å². The molecule has 1 aliphatic rings. The van der Waals surface area contributed by atoms with Gasteiger partial charge in [0.2, 0.25) is 0 Å². The Hall–Kier alpha value is 1.52. The van der Waals surface area contributed by atoms with E-state index in [4.69, 9.17) is 9.29 Å². The molecular weight excluding hydrogens is 449 g/mol. The van der Waals surface area contributed by atoms with E-state index in [1.165, 1.54) is 0 Å². The van der Waals surface area contributed by atoms with Crippen molar-refractivity contribution in [2.45, 2.75) is 55.5 Å². The van der Waals surface area contributed by atoms with E-state index in [0.717, 1.165) is 30.4 Å². The van der Waals surface area contributed by atoms with Crippen LogP contribution in [0.15, 0.2) is 5.16 Å². The van der Waals surface area contributed by atoms with Gasteiger partial charge >= 0.3 is 10.4 Å². The molecule has 1 rings (SSSR count). The van der Waals surface area contributed by atoms with Gasteiger partial charge in [-0.25, -0.2) is 4.28 Å². The van der Waals surface area contributed by atoms with Gasteiger partial charge in [-0.15, -0.1) is 0 Å². The van der Waals surface area contributed by atoms with Crippen LogP contribution < -0.4 is 0 Å². The molecule has 1 radical (unpaired) electrons. The van der Waals surface area contributed by atoms with Crippen LogP contribution in [-0.4, -0.2) is 138 Å². The minimum absolute atomic E-state index is 0. The van der Waals surface area contributed by atoms with Crippen molar-refractivity contribution in [3.05, 3.63) is 0 Å². The van der Waals surface area contributed by atoms with Crippen LogP contribution in [0.1, 0.15) is 25.7 Å². The summed E-state index contributed by atoms with van der Waals surface area (Å²) < 4.78 is 39.5. The first-order valence-electron chi connectivity index (χ1n) is 7.88. The Morgan fingerprint density at radius 2 is 1.81 bits per heavy atom. The van der Waals surface area contributed by atoms with Gasteiger partial charge < -0.3 is 25.2 Å². The van der Waals surface area contributed by atoms with Crippen LogP contribution in [0.2, 0.25) is 0 Å². The second-order valence-electron chi connectivity index (χ2n) is 5.61. The van der Waals surface area contributed by atoms with Gasteiger partial charge in [-0.3, -0.25) is 4.55 Å². The van der Waals surface area contributed by atoms with Crippen molar-refractivity contribution in [1.82, 2.24) is 0 Å². The third kappa shape index (κ3) is 10.9. The van der Waals surface area contributed by atoms with E-state index < -0.39 is 46.9 Å². The standard InChI is InChI=1S/C13H25NO9S3.K/c1-24-6-4-2-3-5-9(14-23-26(19,20)21)25-13-12(18)11(17)10(16)8(7-15)22-13;/h8,10-13,15-18H,2-7H2,1H3,(H,19,20,21);/t8-,10-,11+,12-,13+;/m1./s1. The van der Waals surface area contributed by atoms with Gasteiger partial charge in [0.05, 0.1) is 6.61 Å². The second-order valence-corrected chi connectivity index (χ2v) is 8.77. The van der Waals surface area contributed by atoms with Crippen LogP contribution in [0, 0.1) is 0 Å². The molecule has 0 amide bonds.